The van der Waals surface area contributed by atoms with Gasteiger partial charge in [-0.05, 0) is 6.92 Å². The van der Waals surface area contributed by atoms with E-state index >= 15 is 0 Å². The van der Waals surface area contributed by atoms with Crippen molar-refractivity contribution in [1.82, 2.24) is 15.6 Å². The van der Waals surface area contributed by atoms with Crippen LogP contribution in [0.3, 0.4) is 0 Å². The largest absolute Gasteiger partial charge is 0.355 e. The highest BCUT2D eigenvalue weighted by Gasteiger charge is 2.05. The maximum Gasteiger partial charge on any atom is 0.226 e. The van der Waals surface area contributed by atoms with Gasteiger partial charge in [-0.25, -0.2) is 4.98 Å². The second-order valence-electron chi connectivity index (χ2n) is 3.39. The van der Waals surface area contributed by atoms with Crippen molar-refractivity contribution in [1.29, 1.82) is 0 Å². The van der Waals surface area contributed by atoms with Crippen LogP contribution in [-0.2, 0) is 16.0 Å². The first kappa shape index (κ1) is 12.6. The highest BCUT2D eigenvalue weighted by Crippen LogP contribution is 2.08. The molecule has 1 aromatic heterocycles. The molecule has 1 aromatic rings. The van der Waals surface area contributed by atoms with Gasteiger partial charge in [-0.3, -0.25) is 9.59 Å². The molecule has 88 valence electrons. The van der Waals surface area contributed by atoms with Crippen molar-refractivity contribution >= 4 is 23.2 Å². The van der Waals surface area contributed by atoms with Crippen LogP contribution >= 0.6 is 11.3 Å². The summed E-state index contributed by atoms with van der Waals surface area (Å²) in [5.74, 6) is -0.163. The van der Waals surface area contributed by atoms with E-state index in [0.29, 0.717) is 19.5 Å². The van der Waals surface area contributed by atoms with Gasteiger partial charge in [0.1, 0.15) is 5.01 Å². The van der Waals surface area contributed by atoms with E-state index in [0.717, 1.165) is 10.7 Å². The zero-order chi connectivity index (χ0) is 12.0. The molecule has 2 amide bonds. The Kier molecular flexibility index (Phi) is 4.91. The zero-order valence-corrected chi connectivity index (χ0v) is 10.2. The van der Waals surface area contributed by atoms with Gasteiger partial charge in [0.05, 0.1) is 6.42 Å². The molecule has 2 N–H and O–H groups in total. The Bertz CT molecular complexity index is 376. The van der Waals surface area contributed by atoms with E-state index in [1.54, 1.807) is 0 Å². The molecule has 0 saturated heterocycles. The van der Waals surface area contributed by atoms with E-state index in [-0.39, 0.29) is 11.8 Å². The lowest BCUT2D eigenvalue weighted by atomic mass is 10.4. The summed E-state index contributed by atoms with van der Waals surface area (Å²) < 4.78 is 0. The second kappa shape index (κ2) is 6.22. The summed E-state index contributed by atoms with van der Waals surface area (Å²) in [6.07, 6.45) is 0.304. The fraction of sp³-hybridized carbons (Fsp3) is 0.500. The van der Waals surface area contributed by atoms with Crippen LogP contribution in [0.2, 0.25) is 0 Å². The van der Waals surface area contributed by atoms with Crippen molar-refractivity contribution in [3.05, 3.63) is 16.1 Å². The summed E-state index contributed by atoms with van der Waals surface area (Å²) in [4.78, 5) is 26.2. The Morgan fingerprint density at radius 1 is 1.38 bits per heavy atom. The number of rotatable bonds is 5. The van der Waals surface area contributed by atoms with Crippen LogP contribution in [0.1, 0.15) is 17.6 Å². The van der Waals surface area contributed by atoms with Gasteiger partial charge in [-0.2, -0.15) is 0 Å². The summed E-state index contributed by atoms with van der Waals surface area (Å²) in [5.41, 5.74) is 0.936. The molecule has 0 aromatic carbocycles. The van der Waals surface area contributed by atoms with Crippen molar-refractivity contribution < 1.29 is 9.59 Å². The predicted octanol–water partition coefficient (Wildman–Crippen LogP) is 0.246. The maximum absolute atomic E-state index is 11.4. The van der Waals surface area contributed by atoms with Crippen LogP contribution in [0, 0.1) is 6.92 Å². The molecule has 0 unspecified atom stereocenters. The van der Waals surface area contributed by atoms with E-state index in [1.165, 1.54) is 18.3 Å². The van der Waals surface area contributed by atoms with Gasteiger partial charge in [0, 0.05) is 31.1 Å². The molecule has 0 bridgehead atoms. The van der Waals surface area contributed by atoms with E-state index in [2.05, 4.69) is 15.6 Å². The fourth-order valence-corrected chi connectivity index (χ4v) is 1.89. The number of carbonyl (C=O) groups is 2. The molecule has 5 nitrogen and oxygen atoms in total. The number of aryl methyl sites for hydroxylation is 1. The highest BCUT2D eigenvalue weighted by molar-refractivity contribution is 7.09. The third-order valence-electron chi connectivity index (χ3n) is 1.80. The van der Waals surface area contributed by atoms with Gasteiger partial charge in [0.15, 0.2) is 0 Å². The third kappa shape index (κ3) is 4.88. The van der Waals surface area contributed by atoms with Crippen LogP contribution in [0.15, 0.2) is 5.38 Å². The van der Waals surface area contributed by atoms with Gasteiger partial charge in [-0.15, -0.1) is 11.3 Å². The van der Waals surface area contributed by atoms with Crippen LogP contribution in [-0.4, -0.2) is 29.9 Å². The number of nitrogens with one attached hydrogen (secondary N) is 2. The van der Waals surface area contributed by atoms with E-state index in [1.807, 2.05) is 12.3 Å². The molecular formula is C10H15N3O2S. The Labute approximate surface area is 98.3 Å². The standard InChI is InChI=1S/C10H15N3O2S/c1-7-6-16-10(13-7)5-9(15)12-4-3-11-8(2)14/h6H,3-5H2,1-2H3,(H,11,14)(H,12,15). The molecule has 1 rings (SSSR count). The summed E-state index contributed by atoms with van der Waals surface area (Å²) in [6, 6.07) is 0. The predicted molar refractivity (Wildman–Crippen MR) is 62.2 cm³/mol. The molecule has 1 heterocycles. The molecule has 0 aliphatic rings. The minimum atomic E-state index is -0.0928. The van der Waals surface area contributed by atoms with Gasteiger partial charge in [-0.1, -0.05) is 0 Å². The lowest BCUT2D eigenvalue weighted by Crippen LogP contribution is -2.34. The third-order valence-corrected chi connectivity index (χ3v) is 2.77. The number of aromatic nitrogens is 1. The molecule has 6 heteroatoms. The van der Waals surface area contributed by atoms with E-state index in [9.17, 15) is 9.59 Å². The summed E-state index contributed by atoms with van der Waals surface area (Å²) in [7, 11) is 0. The number of hydrogen-bond acceptors (Lipinski definition) is 4. The van der Waals surface area contributed by atoms with Crippen LogP contribution < -0.4 is 10.6 Å². The second-order valence-corrected chi connectivity index (χ2v) is 4.33. The first-order chi connectivity index (χ1) is 7.58. The summed E-state index contributed by atoms with van der Waals surface area (Å²) in [5, 5.41) is 8.04. The van der Waals surface area contributed by atoms with Crippen molar-refractivity contribution in [2.24, 2.45) is 0 Å². The molecule has 0 fully saturated rings. The molecular weight excluding hydrogens is 226 g/mol. The first-order valence-electron chi connectivity index (χ1n) is 5.00. The Hall–Kier alpha value is -1.43. The van der Waals surface area contributed by atoms with Gasteiger partial charge in [0.2, 0.25) is 11.8 Å². The maximum atomic E-state index is 11.4. The van der Waals surface area contributed by atoms with Gasteiger partial charge < -0.3 is 10.6 Å². The van der Waals surface area contributed by atoms with Crippen molar-refractivity contribution in [3.63, 3.8) is 0 Å². The minimum Gasteiger partial charge on any atom is -0.355 e. The lowest BCUT2D eigenvalue weighted by molar-refractivity contribution is -0.121. The average Bonchev–Trinajstić information content (AvgIpc) is 2.58. The molecule has 0 spiro atoms. The quantitative estimate of drug-likeness (QED) is 0.726. The average molecular weight is 241 g/mol. The first-order valence-corrected chi connectivity index (χ1v) is 5.88. The number of amides is 2. The summed E-state index contributed by atoms with van der Waals surface area (Å²) in [6.45, 7) is 4.25. The van der Waals surface area contributed by atoms with Crippen LogP contribution in [0.4, 0.5) is 0 Å². The zero-order valence-electron chi connectivity index (χ0n) is 9.37. The molecule has 16 heavy (non-hydrogen) atoms. The Morgan fingerprint density at radius 3 is 2.62 bits per heavy atom. The molecule has 0 radical (unpaired) electrons. The van der Waals surface area contributed by atoms with Crippen molar-refractivity contribution in [2.45, 2.75) is 20.3 Å². The molecule has 0 aliphatic carbocycles. The monoisotopic (exact) mass is 241 g/mol. The van der Waals surface area contributed by atoms with Crippen LogP contribution in [0.25, 0.3) is 0 Å². The van der Waals surface area contributed by atoms with Gasteiger partial charge in [0.25, 0.3) is 0 Å². The Balaban J connectivity index is 2.18. The summed E-state index contributed by atoms with van der Waals surface area (Å²) >= 11 is 1.48. The normalized spacial score (nSPS) is 9.88. The van der Waals surface area contributed by atoms with E-state index < -0.39 is 0 Å². The smallest absolute Gasteiger partial charge is 0.226 e. The number of hydrogen-bond donors (Lipinski definition) is 2. The topological polar surface area (TPSA) is 71.1 Å². The Morgan fingerprint density at radius 2 is 2.06 bits per heavy atom. The number of nitrogens with zero attached hydrogens (tertiary/aromatic N) is 1. The number of carbonyl (C=O) groups excluding carboxylic acids is 2. The van der Waals surface area contributed by atoms with Crippen LogP contribution in [0.5, 0.6) is 0 Å². The fourth-order valence-electron chi connectivity index (χ4n) is 1.12. The molecule has 0 saturated carbocycles. The van der Waals surface area contributed by atoms with Crippen molar-refractivity contribution in [2.75, 3.05) is 13.1 Å². The molecule has 0 aliphatic heterocycles. The van der Waals surface area contributed by atoms with Gasteiger partial charge >= 0.3 is 0 Å². The SMILES string of the molecule is CC(=O)NCCNC(=O)Cc1nc(C)cs1. The molecule has 0 atom stereocenters. The highest BCUT2D eigenvalue weighted by atomic mass is 32.1. The number of thiazole rings is 1. The van der Waals surface area contributed by atoms with E-state index in [4.69, 9.17) is 0 Å². The minimum absolute atomic E-state index is 0.0697. The lowest BCUT2D eigenvalue weighted by Gasteiger charge is -2.04. The van der Waals surface area contributed by atoms with Crippen molar-refractivity contribution in [3.8, 4) is 0 Å².